The van der Waals surface area contributed by atoms with Crippen LogP contribution in [-0.4, -0.2) is 34.7 Å². The van der Waals surface area contributed by atoms with Gasteiger partial charge in [0.1, 0.15) is 11.5 Å². The molecule has 0 aromatic heterocycles. The molecular formula is C27H36N2O2. The number of phenols is 2. The molecule has 0 heterocycles. The van der Waals surface area contributed by atoms with Crippen LogP contribution < -0.4 is 0 Å². The lowest BCUT2D eigenvalue weighted by Gasteiger charge is -2.12. The van der Waals surface area contributed by atoms with Gasteiger partial charge in [-0.1, -0.05) is 39.8 Å². The smallest absolute Gasteiger partial charge is 0.127 e. The first-order valence-electron chi connectivity index (χ1n) is 11.4. The molecule has 3 rings (SSSR count). The molecule has 4 heteroatoms. The van der Waals surface area contributed by atoms with E-state index >= 15 is 0 Å². The SMILES string of the molecule is Cc1cc(C=NC2CCC(N=Cc3cc(C)cc(C(C)C)c3O)C2)c(O)c(C(C)C)c1. The quantitative estimate of drug-likeness (QED) is 0.530. The van der Waals surface area contributed by atoms with E-state index in [-0.39, 0.29) is 23.9 Å². The molecule has 2 aromatic carbocycles. The van der Waals surface area contributed by atoms with E-state index in [0.29, 0.717) is 11.5 Å². The number of hydrogen-bond donors (Lipinski definition) is 2. The summed E-state index contributed by atoms with van der Waals surface area (Å²) in [5, 5.41) is 21.2. The second-order valence-corrected chi connectivity index (χ2v) is 9.57. The zero-order chi connectivity index (χ0) is 22.7. The van der Waals surface area contributed by atoms with Crippen molar-refractivity contribution in [3.63, 3.8) is 0 Å². The lowest BCUT2D eigenvalue weighted by molar-refractivity contribution is 0.463. The maximum Gasteiger partial charge on any atom is 0.127 e. The molecule has 0 radical (unpaired) electrons. The van der Waals surface area contributed by atoms with Crippen molar-refractivity contribution in [2.75, 3.05) is 0 Å². The van der Waals surface area contributed by atoms with Crippen LogP contribution in [0.5, 0.6) is 11.5 Å². The summed E-state index contributed by atoms with van der Waals surface area (Å²) in [6, 6.07) is 8.49. The van der Waals surface area contributed by atoms with Crippen molar-refractivity contribution in [2.24, 2.45) is 9.98 Å². The lowest BCUT2D eigenvalue weighted by Crippen LogP contribution is -2.03. The van der Waals surface area contributed by atoms with Crippen molar-refractivity contribution < 1.29 is 10.2 Å². The van der Waals surface area contributed by atoms with Crippen molar-refractivity contribution in [1.29, 1.82) is 0 Å². The highest BCUT2D eigenvalue weighted by Gasteiger charge is 2.23. The molecule has 0 amide bonds. The Kier molecular flexibility index (Phi) is 7.19. The highest BCUT2D eigenvalue weighted by molar-refractivity contribution is 5.85. The zero-order valence-electron chi connectivity index (χ0n) is 19.7. The second-order valence-electron chi connectivity index (χ2n) is 9.57. The molecule has 0 aliphatic heterocycles. The summed E-state index contributed by atoms with van der Waals surface area (Å²) >= 11 is 0. The number of aromatic hydroxyl groups is 2. The van der Waals surface area contributed by atoms with Crippen molar-refractivity contribution in [3.8, 4) is 11.5 Å². The minimum Gasteiger partial charge on any atom is -0.507 e. The van der Waals surface area contributed by atoms with Gasteiger partial charge < -0.3 is 10.2 Å². The van der Waals surface area contributed by atoms with Gasteiger partial charge in [-0.25, -0.2) is 0 Å². The van der Waals surface area contributed by atoms with Crippen LogP contribution in [0, 0.1) is 13.8 Å². The van der Waals surface area contributed by atoms with Crippen LogP contribution in [0.15, 0.2) is 34.3 Å². The first-order valence-corrected chi connectivity index (χ1v) is 11.4. The Bertz CT molecular complexity index is 910. The monoisotopic (exact) mass is 420 g/mol. The number of benzene rings is 2. The number of aryl methyl sites for hydroxylation is 2. The molecule has 1 saturated carbocycles. The van der Waals surface area contributed by atoms with Gasteiger partial charge in [0.15, 0.2) is 0 Å². The van der Waals surface area contributed by atoms with Crippen LogP contribution in [0.1, 0.15) is 92.2 Å². The highest BCUT2D eigenvalue weighted by atomic mass is 16.3. The fraction of sp³-hybridized carbons (Fsp3) is 0.481. The van der Waals surface area contributed by atoms with E-state index in [4.69, 9.17) is 9.98 Å². The van der Waals surface area contributed by atoms with Crippen LogP contribution in [0.25, 0.3) is 0 Å². The van der Waals surface area contributed by atoms with E-state index in [1.165, 1.54) is 0 Å². The third-order valence-electron chi connectivity index (χ3n) is 6.10. The Morgan fingerprint density at radius 1 is 0.742 bits per heavy atom. The van der Waals surface area contributed by atoms with Crippen molar-refractivity contribution in [2.45, 2.75) is 84.7 Å². The fourth-order valence-electron chi connectivity index (χ4n) is 4.33. The standard InChI is InChI=1S/C27H36N2O2/c1-16(2)24-11-18(5)9-20(26(24)30)14-28-22-7-8-23(13-22)29-15-21-10-19(6)12-25(17(3)4)27(21)31/h9-12,14-17,22-23,30-31H,7-8,13H2,1-6H3. The summed E-state index contributed by atoms with van der Waals surface area (Å²) in [5.74, 6) is 1.22. The summed E-state index contributed by atoms with van der Waals surface area (Å²) in [6.45, 7) is 12.5. The number of phenolic OH excluding ortho intramolecular Hbond substituents is 2. The molecule has 2 aromatic rings. The Morgan fingerprint density at radius 3 is 1.48 bits per heavy atom. The summed E-state index contributed by atoms with van der Waals surface area (Å²) in [5.41, 5.74) is 5.79. The van der Waals surface area contributed by atoms with Crippen LogP contribution in [0.2, 0.25) is 0 Å². The minimum atomic E-state index is 0.210. The average Bonchev–Trinajstić information content (AvgIpc) is 3.16. The second kappa shape index (κ2) is 9.67. The van der Waals surface area contributed by atoms with Gasteiger partial charge in [0.25, 0.3) is 0 Å². The molecule has 4 nitrogen and oxygen atoms in total. The van der Waals surface area contributed by atoms with Crippen LogP contribution >= 0.6 is 0 Å². The molecule has 2 N–H and O–H groups in total. The molecule has 0 spiro atoms. The van der Waals surface area contributed by atoms with Gasteiger partial charge in [0, 0.05) is 23.6 Å². The Labute approximate surface area is 186 Å². The number of nitrogens with zero attached hydrogens (tertiary/aromatic N) is 2. The van der Waals surface area contributed by atoms with E-state index in [0.717, 1.165) is 52.6 Å². The van der Waals surface area contributed by atoms with Crippen molar-refractivity contribution in [3.05, 3.63) is 57.6 Å². The normalized spacial score (nSPS) is 19.5. The molecule has 2 atom stereocenters. The molecule has 31 heavy (non-hydrogen) atoms. The molecule has 1 aliphatic carbocycles. The summed E-state index contributed by atoms with van der Waals surface area (Å²) < 4.78 is 0. The molecule has 166 valence electrons. The van der Waals surface area contributed by atoms with Gasteiger partial charge in [0.2, 0.25) is 0 Å². The van der Waals surface area contributed by atoms with Gasteiger partial charge in [-0.2, -0.15) is 0 Å². The first-order chi connectivity index (χ1) is 14.7. The Morgan fingerprint density at radius 2 is 1.13 bits per heavy atom. The van der Waals surface area contributed by atoms with Gasteiger partial charge in [-0.15, -0.1) is 0 Å². The van der Waals surface area contributed by atoms with Gasteiger partial charge in [-0.3, -0.25) is 9.98 Å². The minimum absolute atomic E-state index is 0.210. The van der Waals surface area contributed by atoms with Crippen molar-refractivity contribution in [1.82, 2.24) is 0 Å². The van der Waals surface area contributed by atoms with Crippen LogP contribution in [0.4, 0.5) is 0 Å². The number of aliphatic imine (C=N–C) groups is 2. The van der Waals surface area contributed by atoms with Gasteiger partial charge in [0.05, 0.1) is 12.1 Å². The predicted octanol–water partition coefficient (Wildman–Crippen LogP) is 6.42. The summed E-state index contributed by atoms with van der Waals surface area (Å²) in [7, 11) is 0. The Balaban J connectivity index is 1.70. The van der Waals surface area contributed by atoms with E-state index in [1.807, 2.05) is 50.5 Å². The molecular weight excluding hydrogens is 384 g/mol. The molecule has 0 bridgehead atoms. The van der Waals surface area contributed by atoms with E-state index in [9.17, 15) is 10.2 Å². The average molecular weight is 421 g/mol. The summed E-state index contributed by atoms with van der Waals surface area (Å²) in [4.78, 5) is 9.52. The maximum absolute atomic E-state index is 10.6. The van der Waals surface area contributed by atoms with Gasteiger partial charge in [-0.05, 0) is 79.3 Å². The topological polar surface area (TPSA) is 65.2 Å². The van der Waals surface area contributed by atoms with Gasteiger partial charge >= 0.3 is 0 Å². The van der Waals surface area contributed by atoms with E-state index in [1.54, 1.807) is 0 Å². The highest BCUT2D eigenvalue weighted by Crippen LogP contribution is 2.32. The number of rotatable bonds is 6. The number of hydrogen-bond acceptors (Lipinski definition) is 4. The van der Waals surface area contributed by atoms with Crippen LogP contribution in [0.3, 0.4) is 0 Å². The molecule has 1 aliphatic rings. The molecule has 1 fully saturated rings. The largest absolute Gasteiger partial charge is 0.507 e. The van der Waals surface area contributed by atoms with E-state index in [2.05, 4.69) is 27.7 Å². The zero-order valence-corrected chi connectivity index (χ0v) is 19.7. The fourth-order valence-corrected chi connectivity index (χ4v) is 4.33. The van der Waals surface area contributed by atoms with Crippen LogP contribution in [-0.2, 0) is 0 Å². The molecule has 0 saturated heterocycles. The van der Waals surface area contributed by atoms with E-state index < -0.39 is 0 Å². The third kappa shape index (κ3) is 5.55. The third-order valence-corrected chi connectivity index (χ3v) is 6.10. The molecule has 2 unspecified atom stereocenters. The maximum atomic E-state index is 10.6. The van der Waals surface area contributed by atoms with Crippen molar-refractivity contribution >= 4 is 12.4 Å². The summed E-state index contributed by atoms with van der Waals surface area (Å²) in [6.07, 6.45) is 6.51. The lowest BCUT2D eigenvalue weighted by atomic mass is 9.97. The predicted molar refractivity (Wildman–Crippen MR) is 130 cm³/mol. The Hall–Kier alpha value is -2.62. The first kappa shape index (κ1) is 23.1.